The zero-order valence-corrected chi connectivity index (χ0v) is 10.5. The quantitative estimate of drug-likeness (QED) is 0.634. The predicted molar refractivity (Wildman–Crippen MR) is 56.3 cm³/mol. The lowest BCUT2D eigenvalue weighted by molar-refractivity contribution is 0.0550. The first-order valence-electron chi connectivity index (χ1n) is 4.96. The van der Waals surface area contributed by atoms with E-state index in [0.29, 0.717) is 6.42 Å². The van der Waals surface area contributed by atoms with Gasteiger partial charge in [-0.25, -0.2) is 4.57 Å². The number of nitriles is 1. The largest absolute Gasteiger partial charge is 0.476 e. The summed E-state index contributed by atoms with van der Waals surface area (Å²) in [5.41, 5.74) is -1.14. The number of nitrogens with zero attached hydrogens (tertiary/aromatic N) is 1. The molecule has 15 heavy (non-hydrogen) atoms. The maximum atomic E-state index is 11.9. The SMILES string of the molecule is CCOP(=O)(OCC)O[C@](C)(C#N)CC. The lowest BCUT2D eigenvalue weighted by atomic mass is 10.1. The van der Waals surface area contributed by atoms with Gasteiger partial charge in [0.1, 0.15) is 0 Å². The van der Waals surface area contributed by atoms with Crippen molar-refractivity contribution in [3.8, 4) is 6.07 Å². The summed E-state index contributed by atoms with van der Waals surface area (Å²) in [4.78, 5) is 0. The minimum Gasteiger partial charge on any atom is -0.287 e. The van der Waals surface area contributed by atoms with Crippen molar-refractivity contribution in [2.75, 3.05) is 13.2 Å². The summed E-state index contributed by atoms with van der Waals surface area (Å²) in [5, 5.41) is 8.88. The van der Waals surface area contributed by atoms with Gasteiger partial charge < -0.3 is 0 Å². The van der Waals surface area contributed by atoms with E-state index in [1.807, 2.05) is 6.07 Å². The highest BCUT2D eigenvalue weighted by molar-refractivity contribution is 7.48. The van der Waals surface area contributed by atoms with Gasteiger partial charge in [0, 0.05) is 0 Å². The first-order chi connectivity index (χ1) is 6.95. The average Bonchev–Trinajstić information content (AvgIpc) is 2.18. The lowest BCUT2D eigenvalue weighted by Crippen LogP contribution is -2.25. The molecular formula is C9H18NO4P. The molecule has 0 N–H and O–H groups in total. The van der Waals surface area contributed by atoms with Crippen molar-refractivity contribution in [1.82, 2.24) is 0 Å². The van der Waals surface area contributed by atoms with Crippen LogP contribution in [0.1, 0.15) is 34.1 Å². The second-order valence-electron chi connectivity index (χ2n) is 3.07. The summed E-state index contributed by atoms with van der Waals surface area (Å²) in [6.07, 6.45) is 0.410. The molecule has 6 heteroatoms. The van der Waals surface area contributed by atoms with Crippen LogP contribution in [0.4, 0.5) is 0 Å². The number of hydrogen-bond donors (Lipinski definition) is 0. The highest BCUT2D eigenvalue weighted by Gasteiger charge is 2.36. The molecule has 0 rings (SSSR count). The molecule has 0 radical (unpaired) electrons. The topological polar surface area (TPSA) is 68.6 Å². The van der Waals surface area contributed by atoms with Gasteiger partial charge in [0.15, 0.2) is 5.60 Å². The normalized spacial score (nSPS) is 15.7. The third kappa shape index (κ3) is 4.76. The molecule has 0 aliphatic rings. The summed E-state index contributed by atoms with van der Waals surface area (Å²) in [5.74, 6) is 0. The van der Waals surface area contributed by atoms with Crippen molar-refractivity contribution in [3.63, 3.8) is 0 Å². The molecule has 0 spiro atoms. The Morgan fingerprint density at radius 2 is 1.73 bits per heavy atom. The predicted octanol–water partition coefficient (Wildman–Crippen LogP) is 2.88. The van der Waals surface area contributed by atoms with Gasteiger partial charge >= 0.3 is 7.82 Å². The molecule has 0 aromatic rings. The first kappa shape index (κ1) is 14.6. The lowest BCUT2D eigenvalue weighted by Gasteiger charge is -2.25. The second kappa shape index (κ2) is 6.24. The van der Waals surface area contributed by atoms with Gasteiger partial charge in [-0.1, -0.05) is 6.92 Å². The molecule has 0 bridgehead atoms. The highest BCUT2D eigenvalue weighted by atomic mass is 31.2. The van der Waals surface area contributed by atoms with Gasteiger partial charge in [-0.3, -0.25) is 13.6 Å². The van der Waals surface area contributed by atoms with E-state index in [1.165, 1.54) is 0 Å². The smallest absolute Gasteiger partial charge is 0.287 e. The molecule has 0 amide bonds. The van der Waals surface area contributed by atoms with Crippen molar-refractivity contribution in [3.05, 3.63) is 0 Å². The van der Waals surface area contributed by atoms with Crippen LogP contribution in [0.2, 0.25) is 0 Å². The van der Waals surface area contributed by atoms with E-state index < -0.39 is 13.4 Å². The Morgan fingerprint density at radius 3 is 2.00 bits per heavy atom. The monoisotopic (exact) mass is 235 g/mol. The minimum absolute atomic E-state index is 0.211. The zero-order chi connectivity index (χ0) is 11.9. The van der Waals surface area contributed by atoms with Crippen molar-refractivity contribution >= 4 is 7.82 Å². The summed E-state index contributed by atoms with van der Waals surface area (Å²) >= 11 is 0. The van der Waals surface area contributed by atoms with Crippen LogP contribution in [0.25, 0.3) is 0 Å². The molecule has 0 aromatic carbocycles. The highest BCUT2D eigenvalue weighted by Crippen LogP contribution is 2.52. The van der Waals surface area contributed by atoms with Gasteiger partial charge in [-0.2, -0.15) is 5.26 Å². The maximum absolute atomic E-state index is 11.9. The molecular weight excluding hydrogens is 217 g/mol. The van der Waals surface area contributed by atoms with Crippen LogP contribution in [0.5, 0.6) is 0 Å². The fraction of sp³-hybridized carbons (Fsp3) is 0.889. The van der Waals surface area contributed by atoms with E-state index >= 15 is 0 Å². The number of phosphoric ester groups is 1. The first-order valence-corrected chi connectivity index (χ1v) is 6.42. The number of rotatable bonds is 7. The van der Waals surface area contributed by atoms with Crippen LogP contribution in [-0.2, 0) is 18.1 Å². The number of hydrogen-bond acceptors (Lipinski definition) is 5. The van der Waals surface area contributed by atoms with Gasteiger partial charge in [0.05, 0.1) is 19.3 Å². The van der Waals surface area contributed by atoms with E-state index in [4.69, 9.17) is 18.8 Å². The van der Waals surface area contributed by atoms with E-state index in [9.17, 15) is 4.57 Å². The van der Waals surface area contributed by atoms with Crippen molar-refractivity contribution in [1.29, 1.82) is 5.26 Å². The van der Waals surface area contributed by atoms with Gasteiger partial charge in [0.2, 0.25) is 0 Å². The Balaban J connectivity index is 4.68. The Hall–Kier alpha value is -0.400. The second-order valence-corrected chi connectivity index (χ2v) is 4.66. The molecule has 1 atom stereocenters. The third-order valence-electron chi connectivity index (χ3n) is 1.80. The summed E-state index contributed by atoms with van der Waals surface area (Å²) in [7, 11) is -3.60. The molecule has 0 aliphatic heterocycles. The van der Waals surface area contributed by atoms with Crippen LogP contribution in [0.3, 0.4) is 0 Å². The van der Waals surface area contributed by atoms with Crippen LogP contribution in [0, 0.1) is 11.3 Å². The van der Waals surface area contributed by atoms with Crippen LogP contribution >= 0.6 is 7.82 Å². The van der Waals surface area contributed by atoms with Crippen molar-refractivity contribution < 1.29 is 18.1 Å². The summed E-state index contributed by atoms with van der Waals surface area (Å²) in [6.45, 7) is 7.11. The molecule has 0 saturated carbocycles. The fourth-order valence-electron chi connectivity index (χ4n) is 0.817. The Labute approximate surface area is 90.9 Å². The Kier molecular flexibility index (Phi) is 6.07. The standard InChI is InChI=1S/C9H18NO4P/c1-5-9(4,8-10)14-15(11,12-6-2)13-7-3/h5-7H2,1-4H3/t9-/m0/s1. The van der Waals surface area contributed by atoms with E-state index in [-0.39, 0.29) is 13.2 Å². The Bertz CT molecular complexity index is 266. The van der Waals surface area contributed by atoms with E-state index in [1.54, 1.807) is 27.7 Å². The average molecular weight is 235 g/mol. The third-order valence-corrected chi connectivity index (χ3v) is 3.57. The van der Waals surface area contributed by atoms with Crippen molar-refractivity contribution in [2.45, 2.75) is 39.7 Å². The molecule has 0 unspecified atom stereocenters. The summed E-state index contributed by atoms with van der Waals surface area (Å²) < 4.78 is 26.9. The maximum Gasteiger partial charge on any atom is 0.476 e. The molecule has 0 fully saturated rings. The molecule has 0 aromatic heterocycles. The van der Waals surface area contributed by atoms with E-state index in [2.05, 4.69) is 0 Å². The summed E-state index contributed by atoms with van der Waals surface area (Å²) in [6, 6.07) is 1.95. The zero-order valence-electron chi connectivity index (χ0n) is 9.65. The van der Waals surface area contributed by atoms with Crippen molar-refractivity contribution in [2.24, 2.45) is 0 Å². The van der Waals surface area contributed by atoms with Crippen LogP contribution in [0.15, 0.2) is 0 Å². The molecule has 88 valence electrons. The van der Waals surface area contributed by atoms with Crippen LogP contribution < -0.4 is 0 Å². The molecule has 0 saturated heterocycles. The van der Waals surface area contributed by atoms with E-state index in [0.717, 1.165) is 0 Å². The molecule has 0 heterocycles. The van der Waals surface area contributed by atoms with Gasteiger partial charge in [-0.05, 0) is 27.2 Å². The van der Waals surface area contributed by atoms with Gasteiger partial charge in [0.25, 0.3) is 0 Å². The molecule has 5 nitrogen and oxygen atoms in total. The van der Waals surface area contributed by atoms with Crippen LogP contribution in [-0.4, -0.2) is 18.8 Å². The fourth-order valence-corrected chi connectivity index (χ4v) is 2.29. The number of phosphoric acid groups is 1. The minimum atomic E-state index is -3.60. The Morgan fingerprint density at radius 1 is 1.27 bits per heavy atom. The molecule has 0 aliphatic carbocycles. The van der Waals surface area contributed by atoms with Gasteiger partial charge in [-0.15, -0.1) is 0 Å².